The largest absolute Gasteiger partial charge is 0.323 e. The van der Waals surface area contributed by atoms with Gasteiger partial charge in [-0.3, -0.25) is 9.36 Å². The average molecular weight is 296 g/mol. The Bertz CT molecular complexity index is 898. The van der Waals surface area contributed by atoms with Gasteiger partial charge in [-0.25, -0.2) is 4.39 Å². The molecule has 0 bridgehead atoms. The third-order valence-electron chi connectivity index (χ3n) is 3.91. The van der Waals surface area contributed by atoms with Gasteiger partial charge in [0.2, 0.25) is 0 Å². The van der Waals surface area contributed by atoms with Crippen molar-refractivity contribution in [3.05, 3.63) is 76.0 Å². The van der Waals surface area contributed by atoms with Gasteiger partial charge in [-0.05, 0) is 43.0 Å². The van der Waals surface area contributed by atoms with E-state index in [9.17, 15) is 9.18 Å². The number of nitrogens with two attached hydrogens (primary N) is 1. The predicted molar refractivity (Wildman–Crippen MR) is 86.8 cm³/mol. The van der Waals surface area contributed by atoms with Gasteiger partial charge in [0.05, 0.1) is 5.39 Å². The number of benzene rings is 2. The summed E-state index contributed by atoms with van der Waals surface area (Å²) in [6.45, 7) is 3.70. The molecule has 1 aromatic heterocycles. The summed E-state index contributed by atoms with van der Waals surface area (Å²) in [5.41, 5.74) is 7.94. The number of aryl methyl sites for hydroxylation is 1. The molecule has 1 heterocycles. The molecule has 0 spiro atoms. The topological polar surface area (TPSA) is 48.0 Å². The zero-order valence-corrected chi connectivity index (χ0v) is 12.5. The number of rotatable bonds is 2. The SMILES string of the molecule is Cc1c(C(C)N)n(-c2ccccc2)c(=O)c2c(F)cccc12. The molecule has 0 amide bonds. The molecule has 112 valence electrons. The Morgan fingerprint density at radius 1 is 1.09 bits per heavy atom. The van der Waals surface area contributed by atoms with E-state index in [4.69, 9.17) is 5.73 Å². The van der Waals surface area contributed by atoms with Crippen LogP contribution in [0.1, 0.15) is 24.2 Å². The van der Waals surface area contributed by atoms with E-state index < -0.39 is 5.82 Å². The smallest absolute Gasteiger partial charge is 0.266 e. The normalized spacial score (nSPS) is 12.5. The van der Waals surface area contributed by atoms with Gasteiger partial charge >= 0.3 is 0 Å². The van der Waals surface area contributed by atoms with Crippen LogP contribution < -0.4 is 11.3 Å². The maximum atomic E-state index is 14.2. The van der Waals surface area contributed by atoms with E-state index in [1.807, 2.05) is 44.2 Å². The third kappa shape index (κ3) is 2.12. The minimum atomic E-state index is -0.508. The molecular weight excluding hydrogens is 279 g/mol. The zero-order chi connectivity index (χ0) is 15.9. The minimum absolute atomic E-state index is 0.105. The van der Waals surface area contributed by atoms with Gasteiger partial charge < -0.3 is 5.73 Å². The number of hydrogen-bond donors (Lipinski definition) is 1. The first kappa shape index (κ1) is 14.5. The van der Waals surface area contributed by atoms with E-state index in [0.717, 1.165) is 5.56 Å². The highest BCUT2D eigenvalue weighted by Gasteiger charge is 2.19. The zero-order valence-electron chi connectivity index (χ0n) is 12.5. The van der Waals surface area contributed by atoms with Crippen molar-refractivity contribution in [1.29, 1.82) is 0 Å². The van der Waals surface area contributed by atoms with Crippen LogP contribution in [0.3, 0.4) is 0 Å². The summed E-state index contributed by atoms with van der Waals surface area (Å²) in [4.78, 5) is 12.9. The highest BCUT2D eigenvalue weighted by molar-refractivity contribution is 5.86. The number of para-hydroxylation sites is 1. The van der Waals surface area contributed by atoms with Gasteiger partial charge in [-0.2, -0.15) is 0 Å². The van der Waals surface area contributed by atoms with Crippen molar-refractivity contribution in [3.63, 3.8) is 0 Å². The average Bonchev–Trinajstić information content (AvgIpc) is 2.50. The second kappa shape index (κ2) is 5.39. The summed E-state index contributed by atoms with van der Waals surface area (Å²) in [5.74, 6) is -0.508. The van der Waals surface area contributed by atoms with E-state index in [1.54, 1.807) is 12.1 Å². The minimum Gasteiger partial charge on any atom is -0.323 e. The second-order valence-corrected chi connectivity index (χ2v) is 5.44. The summed E-state index contributed by atoms with van der Waals surface area (Å²) < 4.78 is 15.7. The lowest BCUT2D eigenvalue weighted by molar-refractivity contribution is 0.636. The van der Waals surface area contributed by atoms with Crippen LogP contribution in [-0.2, 0) is 0 Å². The summed E-state index contributed by atoms with van der Waals surface area (Å²) in [6, 6.07) is 13.5. The highest BCUT2D eigenvalue weighted by Crippen LogP contribution is 2.26. The Labute approximate surface area is 127 Å². The van der Waals surface area contributed by atoms with Crippen molar-refractivity contribution < 1.29 is 4.39 Å². The van der Waals surface area contributed by atoms with Crippen molar-refractivity contribution in [2.45, 2.75) is 19.9 Å². The number of pyridine rings is 1. The second-order valence-electron chi connectivity index (χ2n) is 5.44. The van der Waals surface area contributed by atoms with Crippen LogP contribution in [0.25, 0.3) is 16.5 Å². The maximum Gasteiger partial charge on any atom is 0.266 e. The van der Waals surface area contributed by atoms with E-state index >= 15 is 0 Å². The number of fused-ring (bicyclic) bond motifs is 1. The maximum absolute atomic E-state index is 14.2. The molecule has 0 aliphatic rings. The van der Waals surface area contributed by atoms with E-state index in [2.05, 4.69) is 0 Å². The monoisotopic (exact) mass is 296 g/mol. The Morgan fingerprint density at radius 3 is 2.41 bits per heavy atom. The number of nitrogens with zero attached hydrogens (tertiary/aromatic N) is 1. The lowest BCUT2D eigenvalue weighted by atomic mass is 10.0. The predicted octanol–water partition coefficient (Wildman–Crippen LogP) is 3.46. The van der Waals surface area contributed by atoms with Gasteiger partial charge in [0.1, 0.15) is 5.82 Å². The third-order valence-corrected chi connectivity index (χ3v) is 3.91. The molecule has 0 saturated heterocycles. The lowest BCUT2D eigenvalue weighted by Crippen LogP contribution is -2.27. The Hall–Kier alpha value is -2.46. The fourth-order valence-corrected chi connectivity index (χ4v) is 2.96. The van der Waals surface area contributed by atoms with Crippen LogP contribution in [0, 0.1) is 12.7 Å². The molecule has 1 atom stereocenters. The Morgan fingerprint density at radius 2 is 1.77 bits per heavy atom. The standard InChI is InChI=1S/C18H17FN2O/c1-11-14-9-6-10-15(19)16(14)18(22)21(17(11)12(2)20)13-7-4-3-5-8-13/h3-10,12H,20H2,1-2H3. The van der Waals surface area contributed by atoms with E-state index in [1.165, 1.54) is 10.6 Å². The highest BCUT2D eigenvalue weighted by atomic mass is 19.1. The molecule has 0 saturated carbocycles. The first-order valence-corrected chi connectivity index (χ1v) is 7.17. The molecule has 0 radical (unpaired) electrons. The van der Waals surface area contributed by atoms with Gasteiger partial charge in [0, 0.05) is 17.4 Å². The molecule has 3 rings (SSSR count). The quantitative estimate of drug-likeness (QED) is 0.787. The van der Waals surface area contributed by atoms with Crippen LogP contribution >= 0.6 is 0 Å². The molecule has 0 aliphatic heterocycles. The van der Waals surface area contributed by atoms with Gasteiger partial charge in [0.15, 0.2) is 0 Å². The van der Waals surface area contributed by atoms with Crippen LogP contribution in [0.4, 0.5) is 4.39 Å². The molecule has 4 heteroatoms. The number of halogens is 1. The summed E-state index contributed by atoms with van der Waals surface area (Å²) >= 11 is 0. The van der Waals surface area contributed by atoms with Crippen molar-refractivity contribution in [2.24, 2.45) is 5.73 Å². The van der Waals surface area contributed by atoms with Gasteiger partial charge in [-0.15, -0.1) is 0 Å². The number of hydrogen-bond acceptors (Lipinski definition) is 2. The van der Waals surface area contributed by atoms with Gasteiger partial charge in [0.25, 0.3) is 5.56 Å². The van der Waals surface area contributed by atoms with Crippen molar-refractivity contribution in [2.75, 3.05) is 0 Å². The van der Waals surface area contributed by atoms with Crippen molar-refractivity contribution in [3.8, 4) is 5.69 Å². The van der Waals surface area contributed by atoms with E-state index in [-0.39, 0.29) is 17.0 Å². The number of aromatic nitrogens is 1. The molecule has 0 fully saturated rings. The molecule has 3 aromatic rings. The van der Waals surface area contributed by atoms with Crippen LogP contribution in [0.5, 0.6) is 0 Å². The van der Waals surface area contributed by atoms with E-state index in [0.29, 0.717) is 16.8 Å². The molecule has 22 heavy (non-hydrogen) atoms. The molecule has 2 aromatic carbocycles. The molecule has 1 unspecified atom stereocenters. The molecule has 3 nitrogen and oxygen atoms in total. The van der Waals surface area contributed by atoms with Crippen molar-refractivity contribution in [1.82, 2.24) is 4.57 Å². The van der Waals surface area contributed by atoms with Crippen LogP contribution in [-0.4, -0.2) is 4.57 Å². The van der Waals surface area contributed by atoms with Gasteiger partial charge in [-0.1, -0.05) is 30.3 Å². The molecule has 0 aliphatic carbocycles. The molecule has 2 N–H and O–H groups in total. The fourth-order valence-electron chi connectivity index (χ4n) is 2.96. The van der Waals surface area contributed by atoms with Crippen LogP contribution in [0.15, 0.2) is 53.3 Å². The molecular formula is C18H17FN2O. The Balaban J connectivity index is 2.55. The van der Waals surface area contributed by atoms with Crippen LogP contribution in [0.2, 0.25) is 0 Å². The first-order chi connectivity index (χ1) is 10.5. The Kier molecular flexibility index (Phi) is 3.54. The summed E-state index contributed by atoms with van der Waals surface area (Å²) in [5, 5.41) is 0.720. The summed E-state index contributed by atoms with van der Waals surface area (Å²) in [7, 11) is 0. The summed E-state index contributed by atoms with van der Waals surface area (Å²) in [6.07, 6.45) is 0. The van der Waals surface area contributed by atoms with Crippen molar-refractivity contribution >= 4 is 10.8 Å². The fraction of sp³-hybridized carbons (Fsp3) is 0.167. The lowest BCUT2D eigenvalue weighted by Gasteiger charge is -2.20. The first-order valence-electron chi connectivity index (χ1n) is 7.17.